The third-order valence-corrected chi connectivity index (χ3v) is 15.1. The van der Waals surface area contributed by atoms with E-state index in [1.165, 1.54) is 244 Å². The molecule has 0 N–H and O–H groups in total. The summed E-state index contributed by atoms with van der Waals surface area (Å²) in [5, 5.41) is 0. The Morgan fingerprint density at radius 1 is 0.263 bits per heavy atom. The normalized spacial score (nSPS) is 12.3. The maximum Gasteiger partial charge on any atom is 0.306 e. The Balaban J connectivity index is 3.91. The number of allylic oxidation sites excluding steroid dienone is 8. The minimum Gasteiger partial charge on any atom is -0.462 e. The van der Waals surface area contributed by atoms with Gasteiger partial charge < -0.3 is 14.2 Å². The van der Waals surface area contributed by atoms with E-state index in [4.69, 9.17) is 14.2 Å². The Bertz CT molecular complexity index is 1310. The highest BCUT2D eigenvalue weighted by Crippen LogP contribution is 2.18. The molecule has 0 aromatic heterocycles. The molecular weight excluding hydrogens is 937 g/mol. The Hall–Kier alpha value is -2.63. The van der Waals surface area contributed by atoms with Crippen molar-refractivity contribution in [3.05, 3.63) is 48.6 Å². The van der Waals surface area contributed by atoms with Crippen LogP contribution in [0.4, 0.5) is 0 Å². The van der Waals surface area contributed by atoms with Gasteiger partial charge in [0.05, 0.1) is 0 Å². The molecule has 76 heavy (non-hydrogen) atoms. The van der Waals surface area contributed by atoms with Crippen LogP contribution in [0.3, 0.4) is 0 Å². The van der Waals surface area contributed by atoms with Crippen LogP contribution in [0.15, 0.2) is 48.6 Å². The summed E-state index contributed by atoms with van der Waals surface area (Å²) in [4.78, 5) is 38.0. The van der Waals surface area contributed by atoms with Crippen molar-refractivity contribution in [3.8, 4) is 0 Å². The van der Waals surface area contributed by atoms with E-state index in [1.54, 1.807) is 0 Å². The van der Waals surface area contributed by atoms with Crippen molar-refractivity contribution in [1.29, 1.82) is 0 Å². The van der Waals surface area contributed by atoms with E-state index in [1.807, 2.05) is 0 Å². The first-order valence-corrected chi connectivity index (χ1v) is 33.6. The summed E-state index contributed by atoms with van der Waals surface area (Å²) in [6.45, 7) is 6.58. The van der Waals surface area contributed by atoms with Gasteiger partial charge in [-0.05, 0) is 83.5 Å². The molecule has 0 heterocycles. The summed E-state index contributed by atoms with van der Waals surface area (Å²) in [7, 11) is 0. The molecule has 444 valence electrons. The molecule has 0 saturated heterocycles. The van der Waals surface area contributed by atoms with Crippen LogP contribution in [0.25, 0.3) is 0 Å². The SMILES string of the molecule is CCCCC/C=C\C/C=C\CCCCCCCCCC(=O)OC(COC(=O)CCCCCCCC)COC(=O)CCCCCCCCCCCCCCCCCCCCCCCCC/C=C\C/C=C\CCCCCCC. The smallest absolute Gasteiger partial charge is 0.306 e. The lowest BCUT2D eigenvalue weighted by atomic mass is 10.0. The van der Waals surface area contributed by atoms with Crippen LogP contribution in [0.1, 0.15) is 361 Å². The summed E-state index contributed by atoms with van der Waals surface area (Å²) in [6.07, 6.45) is 81.8. The van der Waals surface area contributed by atoms with Crippen molar-refractivity contribution in [3.63, 3.8) is 0 Å². The lowest BCUT2D eigenvalue weighted by Gasteiger charge is -2.18. The standard InChI is InChI=1S/C70H128O6/c1-4-7-10-13-16-18-20-22-24-26-27-28-29-30-31-32-33-34-35-36-37-38-39-40-41-42-43-45-46-48-50-52-54-57-60-63-69(72)75-66-67(65-74-68(71)62-59-56-15-12-9-6-3)76-70(73)64-61-58-55-53-51-49-47-44-25-23-21-19-17-14-11-8-5-2/h17,19-20,22-23,25-27,67H,4-16,18,21,24,28-66H2,1-3H3/b19-17-,22-20-,25-23-,27-26-. The van der Waals surface area contributed by atoms with Crippen molar-refractivity contribution in [2.24, 2.45) is 0 Å². The van der Waals surface area contributed by atoms with Crippen LogP contribution in [0, 0.1) is 0 Å². The van der Waals surface area contributed by atoms with Gasteiger partial charge in [-0.3, -0.25) is 14.4 Å². The second-order valence-electron chi connectivity index (χ2n) is 22.7. The minimum atomic E-state index is -0.772. The summed E-state index contributed by atoms with van der Waals surface area (Å²) in [6, 6.07) is 0. The van der Waals surface area contributed by atoms with Crippen LogP contribution in [-0.4, -0.2) is 37.2 Å². The molecule has 1 atom stereocenters. The lowest BCUT2D eigenvalue weighted by molar-refractivity contribution is -0.167. The topological polar surface area (TPSA) is 78.9 Å². The van der Waals surface area contributed by atoms with Crippen LogP contribution in [-0.2, 0) is 28.6 Å². The molecule has 0 fully saturated rings. The molecule has 6 heteroatoms. The number of carbonyl (C=O) groups excluding carboxylic acids is 3. The third-order valence-electron chi connectivity index (χ3n) is 15.1. The van der Waals surface area contributed by atoms with Gasteiger partial charge in [-0.15, -0.1) is 0 Å². The molecule has 0 aromatic rings. The maximum atomic E-state index is 12.8. The molecule has 0 amide bonds. The van der Waals surface area contributed by atoms with E-state index in [0.29, 0.717) is 19.3 Å². The Morgan fingerprint density at radius 2 is 0.474 bits per heavy atom. The van der Waals surface area contributed by atoms with E-state index in [2.05, 4.69) is 69.4 Å². The number of ether oxygens (including phenoxy) is 3. The molecule has 0 aromatic carbocycles. The zero-order valence-electron chi connectivity index (χ0n) is 51.0. The molecule has 0 aliphatic rings. The van der Waals surface area contributed by atoms with Gasteiger partial charge in [0.15, 0.2) is 6.10 Å². The van der Waals surface area contributed by atoms with Gasteiger partial charge in [-0.2, -0.15) is 0 Å². The third kappa shape index (κ3) is 62.2. The maximum absolute atomic E-state index is 12.8. The number of esters is 3. The van der Waals surface area contributed by atoms with E-state index in [9.17, 15) is 14.4 Å². The summed E-state index contributed by atoms with van der Waals surface area (Å²) < 4.78 is 16.8. The molecule has 0 aliphatic carbocycles. The fourth-order valence-electron chi connectivity index (χ4n) is 9.98. The highest BCUT2D eigenvalue weighted by molar-refractivity contribution is 5.71. The van der Waals surface area contributed by atoms with Crippen LogP contribution in [0.5, 0.6) is 0 Å². The van der Waals surface area contributed by atoms with Gasteiger partial charge >= 0.3 is 17.9 Å². The molecule has 0 aliphatic heterocycles. The minimum absolute atomic E-state index is 0.0720. The lowest BCUT2D eigenvalue weighted by Crippen LogP contribution is -2.30. The van der Waals surface area contributed by atoms with Crippen molar-refractivity contribution >= 4 is 17.9 Å². The summed E-state index contributed by atoms with van der Waals surface area (Å²) >= 11 is 0. The first kappa shape index (κ1) is 73.4. The second-order valence-corrected chi connectivity index (χ2v) is 22.7. The number of unbranched alkanes of at least 4 members (excludes halogenated alkanes) is 43. The highest BCUT2D eigenvalue weighted by atomic mass is 16.6. The molecule has 0 rings (SSSR count). The van der Waals surface area contributed by atoms with Gasteiger partial charge in [0.2, 0.25) is 0 Å². The number of rotatable bonds is 62. The van der Waals surface area contributed by atoms with Crippen molar-refractivity contribution < 1.29 is 28.6 Å². The average molecular weight is 1070 g/mol. The van der Waals surface area contributed by atoms with Gasteiger partial charge in [0, 0.05) is 19.3 Å². The first-order valence-electron chi connectivity index (χ1n) is 33.6. The Morgan fingerprint density at radius 3 is 0.750 bits per heavy atom. The molecule has 0 radical (unpaired) electrons. The van der Waals surface area contributed by atoms with E-state index in [0.717, 1.165) is 77.0 Å². The quantitative estimate of drug-likeness (QED) is 0.0261. The molecule has 1 unspecified atom stereocenters. The number of hydrogen-bond acceptors (Lipinski definition) is 6. The second kappa shape index (κ2) is 64.9. The van der Waals surface area contributed by atoms with Gasteiger partial charge in [0.25, 0.3) is 0 Å². The summed E-state index contributed by atoms with van der Waals surface area (Å²) in [5.41, 5.74) is 0. The van der Waals surface area contributed by atoms with Crippen molar-refractivity contribution in [1.82, 2.24) is 0 Å². The van der Waals surface area contributed by atoms with E-state index >= 15 is 0 Å². The fourth-order valence-corrected chi connectivity index (χ4v) is 9.98. The largest absolute Gasteiger partial charge is 0.462 e. The van der Waals surface area contributed by atoms with Crippen LogP contribution < -0.4 is 0 Å². The molecule has 0 saturated carbocycles. The first-order chi connectivity index (χ1) is 37.5. The zero-order valence-corrected chi connectivity index (χ0v) is 51.0. The highest BCUT2D eigenvalue weighted by Gasteiger charge is 2.19. The van der Waals surface area contributed by atoms with E-state index in [-0.39, 0.29) is 31.1 Å². The Kier molecular flexibility index (Phi) is 62.6. The monoisotopic (exact) mass is 1060 g/mol. The van der Waals surface area contributed by atoms with Crippen molar-refractivity contribution in [2.75, 3.05) is 13.2 Å². The number of hydrogen-bond donors (Lipinski definition) is 0. The van der Waals surface area contributed by atoms with Crippen LogP contribution in [0.2, 0.25) is 0 Å². The summed E-state index contributed by atoms with van der Waals surface area (Å²) in [5.74, 6) is -0.871. The Labute approximate surface area is 473 Å². The average Bonchev–Trinajstić information content (AvgIpc) is 3.42. The predicted molar refractivity (Wildman–Crippen MR) is 330 cm³/mol. The molecule has 6 nitrogen and oxygen atoms in total. The van der Waals surface area contributed by atoms with Crippen molar-refractivity contribution in [2.45, 2.75) is 367 Å². The fraction of sp³-hybridized carbons (Fsp3) is 0.843. The van der Waals surface area contributed by atoms with Gasteiger partial charge in [0.1, 0.15) is 13.2 Å². The molecular formula is C70H128O6. The van der Waals surface area contributed by atoms with Gasteiger partial charge in [-0.25, -0.2) is 0 Å². The predicted octanol–water partition coefficient (Wildman–Crippen LogP) is 22.9. The molecule has 0 spiro atoms. The van der Waals surface area contributed by atoms with Gasteiger partial charge in [-0.1, -0.05) is 307 Å². The zero-order chi connectivity index (χ0) is 55.0. The molecule has 0 bridgehead atoms. The van der Waals surface area contributed by atoms with E-state index < -0.39 is 6.10 Å². The number of carbonyl (C=O) groups is 3. The van der Waals surface area contributed by atoms with Crippen LogP contribution >= 0.6 is 0 Å².